The number of anilines is 1. The van der Waals surface area contributed by atoms with E-state index < -0.39 is 6.04 Å². The van der Waals surface area contributed by atoms with Gasteiger partial charge in [-0.05, 0) is 59.9 Å². The van der Waals surface area contributed by atoms with Gasteiger partial charge in [0.2, 0.25) is 0 Å². The van der Waals surface area contributed by atoms with Crippen LogP contribution in [0.1, 0.15) is 49.4 Å². The molecule has 0 bridgehead atoms. The summed E-state index contributed by atoms with van der Waals surface area (Å²) in [5.41, 5.74) is 4.45. The molecular formula is C30H26ClN3O2S. The number of rotatable bonds is 5. The van der Waals surface area contributed by atoms with Crippen LogP contribution in [-0.4, -0.2) is 10.5 Å². The molecule has 7 heteroatoms. The minimum atomic E-state index is -0.603. The lowest BCUT2D eigenvalue weighted by atomic mass is 9.93. The van der Waals surface area contributed by atoms with Crippen molar-refractivity contribution < 1.29 is 4.79 Å². The van der Waals surface area contributed by atoms with Crippen LogP contribution in [0.5, 0.6) is 0 Å². The zero-order valence-electron chi connectivity index (χ0n) is 20.7. The fourth-order valence-corrected chi connectivity index (χ4v) is 5.59. The number of hydrogen-bond acceptors (Lipinski definition) is 4. The molecule has 5 nitrogen and oxygen atoms in total. The summed E-state index contributed by atoms with van der Waals surface area (Å²) >= 11 is 7.35. The van der Waals surface area contributed by atoms with Crippen molar-refractivity contribution in [3.05, 3.63) is 132 Å². The van der Waals surface area contributed by atoms with E-state index in [4.69, 9.17) is 16.6 Å². The fourth-order valence-electron chi connectivity index (χ4n) is 4.42. The highest BCUT2D eigenvalue weighted by molar-refractivity contribution is 7.07. The second kappa shape index (κ2) is 10.3. The molecule has 0 saturated heterocycles. The van der Waals surface area contributed by atoms with Crippen molar-refractivity contribution in [2.75, 3.05) is 5.32 Å². The number of fused-ring (bicyclic) bond motifs is 1. The van der Waals surface area contributed by atoms with Gasteiger partial charge in [0.05, 0.1) is 21.8 Å². The van der Waals surface area contributed by atoms with E-state index in [-0.39, 0.29) is 11.5 Å². The monoisotopic (exact) mass is 527 g/mol. The summed E-state index contributed by atoms with van der Waals surface area (Å²) in [6.45, 7) is 6.10. The second-order valence-electron chi connectivity index (χ2n) is 9.27. The van der Waals surface area contributed by atoms with Gasteiger partial charge in [-0.2, -0.15) is 0 Å². The van der Waals surface area contributed by atoms with Crippen LogP contribution in [0.3, 0.4) is 0 Å². The van der Waals surface area contributed by atoms with Crippen LogP contribution < -0.4 is 20.2 Å². The van der Waals surface area contributed by atoms with Crippen LogP contribution >= 0.6 is 22.9 Å². The molecule has 1 aliphatic heterocycles. The largest absolute Gasteiger partial charge is 0.322 e. The molecule has 1 aromatic heterocycles. The molecule has 37 heavy (non-hydrogen) atoms. The first-order valence-corrected chi connectivity index (χ1v) is 13.3. The van der Waals surface area contributed by atoms with Gasteiger partial charge in [0.15, 0.2) is 4.80 Å². The van der Waals surface area contributed by atoms with Crippen LogP contribution in [0, 0.1) is 0 Å². The second-order valence-corrected chi connectivity index (χ2v) is 10.7. The number of nitrogens with zero attached hydrogens (tertiary/aromatic N) is 2. The molecule has 1 aliphatic rings. The Morgan fingerprint density at radius 1 is 1.03 bits per heavy atom. The fraction of sp³-hybridized carbons (Fsp3) is 0.167. The quantitative estimate of drug-likeness (QED) is 0.364. The highest BCUT2D eigenvalue weighted by atomic mass is 35.5. The Morgan fingerprint density at radius 2 is 1.70 bits per heavy atom. The van der Waals surface area contributed by atoms with E-state index in [1.54, 1.807) is 16.7 Å². The van der Waals surface area contributed by atoms with Crippen LogP contribution in [0.4, 0.5) is 5.69 Å². The Labute approximate surface area is 224 Å². The summed E-state index contributed by atoms with van der Waals surface area (Å²) < 4.78 is 2.19. The van der Waals surface area contributed by atoms with E-state index in [9.17, 15) is 9.59 Å². The Bertz CT molecular complexity index is 1670. The summed E-state index contributed by atoms with van der Waals surface area (Å²) in [7, 11) is 0. The van der Waals surface area contributed by atoms with Gasteiger partial charge in [-0.15, -0.1) is 0 Å². The number of thiazole rings is 1. The maximum Gasteiger partial charge on any atom is 0.271 e. The third-order valence-electron chi connectivity index (χ3n) is 6.38. The average molecular weight is 528 g/mol. The van der Waals surface area contributed by atoms with Crippen molar-refractivity contribution in [1.29, 1.82) is 0 Å². The maximum absolute atomic E-state index is 13.8. The lowest BCUT2D eigenvalue weighted by Gasteiger charge is -2.25. The minimum absolute atomic E-state index is 0.186. The minimum Gasteiger partial charge on any atom is -0.322 e. The van der Waals surface area contributed by atoms with E-state index >= 15 is 0 Å². The predicted molar refractivity (Wildman–Crippen MR) is 151 cm³/mol. The first kappa shape index (κ1) is 24.9. The van der Waals surface area contributed by atoms with Crippen LogP contribution in [-0.2, 0) is 4.79 Å². The lowest BCUT2D eigenvalue weighted by Crippen LogP contribution is -2.40. The molecule has 0 saturated carbocycles. The van der Waals surface area contributed by atoms with Gasteiger partial charge in [-0.1, -0.05) is 91.4 Å². The van der Waals surface area contributed by atoms with Crippen molar-refractivity contribution in [2.45, 2.75) is 32.7 Å². The summed E-state index contributed by atoms with van der Waals surface area (Å²) in [6, 6.07) is 24.1. The Kier molecular flexibility index (Phi) is 6.96. The Hall–Kier alpha value is -3.74. The van der Waals surface area contributed by atoms with Crippen molar-refractivity contribution in [1.82, 2.24) is 4.57 Å². The third kappa shape index (κ3) is 5.08. The first-order valence-electron chi connectivity index (χ1n) is 12.1. The average Bonchev–Trinajstić information content (AvgIpc) is 3.19. The summed E-state index contributed by atoms with van der Waals surface area (Å²) in [4.78, 5) is 32.7. The standard InChI is InChI=1S/C30H26ClN3O2S/c1-18(2)21-11-13-22(14-12-21)27-26(28(35)33-24-7-5-4-6-8-24)19(3)32-30-34(27)29(36)25(37-30)17-20-9-15-23(31)16-10-20/h4-18,27H,1-3H3,(H,33,35)/b25-17-. The number of aromatic nitrogens is 1. The van der Waals surface area contributed by atoms with E-state index in [1.165, 1.54) is 16.9 Å². The van der Waals surface area contributed by atoms with Gasteiger partial charge in [-0.25, -0.2) is 4.99 Å². The third-order valence-corrected chi connectivity index (χ3v) is 7.62. The first-order chi connectivity index (χ1) is 17.8. The molecule has 0 radical (unpaired) electrons. The number of carbonyl (C=O) groups is 1. The molecule has 1 amide bonds. The zero-order chi connectivity index (χ0) is 26.1. The van der Waals surface area contributed by atoms with Crippen molar-refractivity contribution >= 4 is 40.6 Å². The molecule has 1 N–H and O–H groups in total. The van der Waals surface area contributed by atoms with Gasteiger partial charge in [-0.3, -0.25) is 14.2 Å². The summed E-state index contributed by atoms with van der Waals surface area (Å²) in [5, 5.41) is 3.62. The highest BCUT2D eigenvalue weighted by Gasteiger charge is 2.32. The molecular weight excluding hydrogens is 502 g/mol. The number of amides is 1. The van der Waals surface area contributed by atoms with Gasteiger partial charge in [0.25, 0.3) is 11.5 Å². The molecule has 5 rings (SSSR count). The topological polar surface area (TPSA) is 63.5 Å². The van der Waals surface area contributed by atoms with Crippen LogP contribution in [0.25, 0.3) is 6.08 Å². The van der Waals surface area contributed by atoms with Crippen molar-refractivity contribution in [3.8, 4) is 0 Å². The number of hydrogen-bond donors (Lipinski definition) is 1. The van der Waals surface area contributed by atoms with Crippen molar-refractivity contribution in [2.24, 2.45) is 4.99 Å². The molecule has 3 aromatic carbocycles. The molecule has 1 atom stereocenters. The summed E-state index contributed by atoms with van der Waals surface area (Å²) in [5.74, 6) is 0.0888. The number of para-hydroxylation sites is 1. The molecule has 0 aliphatic carbocycles. The Morgan fingerprint density at radius 3 is 2.35 bits per heavy atom. The van der Waals surface area contributed by atoms with Crippen LogP contribution in [0.2, 0.25) is 5.02 Å². The zero-order valence-corrected chi connectivity index (χ0v) is 22.3. The predicted octanol–water partition coefficient (Wildman–Crippen LogP) is 5.65. The molecule has 1 unspecified atom stereocenters. The lowest BCUT2D eigenvalue weighted by molar-refractivity contribution is -0.113. The number of allylic oxidation sites excluding steroid dienone is 1. The SMILES string of the molecule is CC1=C(C(=O)Nc2ccccc2)C(c2ccc(C(C)C)cc2)n2c(s/c(=C\c3ccc(Cl)cc3)c2=O)=N1. The van der Waals surface area contributed by atoms with Gasteiger partial charge < -0.3 is 5.32 Å². The summed E-state index contributed by atoms with van der Waals surface area (Å²) in [6.07, 6.45) is 1.84. The van der Waals surface area contributed by atoms with E-state index in [0.717, 1.165) is 11.1 Å². The number of carbonyl (C=O) groups excluding carboxylic acids is 1. The van der Waals surface area contributed by atoms with Crippen LogP contribution in [0.15, 0.2) is 99.9 Å². The molecule has 4 aromatic rings. The van der Waals surface area contributed by atoms with E-state index in [2.05, 4.69) is 31.3 Å². The number of halogens is 1. The highest BCUT2D eigenvalue weighted by Crippen LogP contribution is 2.31. The number of benzene rings is 3. The van der Waals surface area contributed by atoms with E-state index in [1.807, 2.05) is 67.6 Å². The van der Waals surface area contributed by atoms with Crippen molar-refractivity contribution in [3.63, 3.8) is 0 Å². The van der Waals surface area contributed by atoms with E-state index in [0.29, 0.717) is 37.2 Å². The Balaban J connectivity index is 1.67. The molecule has 186 valence electrons. The van der Waals surface area contributed by atoms with Gasteiger partial charge in [0.1, 0.15) is 0 Å². The molecule has 0 spiro atoms. The maximum atomic E-state index is 13.8. The normalized spacial score (nSPS) is 15.5. The van der Waals surface area contributed by atoms with Gasteiger partial charge >= 0.3 is 0 Å². The smallest absolute Gasteiger partial charge is 0.271 e. The van der Waals surface area contributed by atoms with Gasteiger partial charge in [0, 0.05) is 10.7 Å². The number of nitrogens with one attached hydrogen (secondary N) is 1. The molecule has 0 fully saturated rings. The molecule has 2 heterocycles.